The van der Waals surface area contributed by atoms with Gasteiger partial charge in [-0.2, -0.15) is 0 Å². The number of carbonyl (C=O) groups excluding carboxylic acids is 1. The van der Waals surface area contributed by atoms with Crippen molar-refractivity contribution in [3.05, 3.63) is 46.0 Å². The molecule has 0 amide bonds. The van der Waals surface area contributed by atoms with Crippen LogP contribution in [0.4, 0.5) is 0 Å². The minimum atomic E-state index is -0.640. The van der Waals surface area contributed by atoms with E-state index in [0.29, 0.717) is 18.5 Å². The molecule has 0 saturated carbocycles. The standard InChI is InChI=1S/C11H12N2O4/c14-11(9-4-2-1-3-5-9)17-12-7-6-10(8-12)13(15)16/h1-5,10H,6-8H2. The summed E-state index contributed by atoms with van der Waals surface area (Å²) in [5.41, 5.74) is 0.442. The molecule has 90 valence electrons. The first-order valence-electron chi connectivity index (χ1n) is 5.32. The van der Waals surface area contributed by atoms with Crippen molar-refractivity contribution in [2.75, 3.05) is 13.1 Å². The third-order valence-electron chi connectivity index (χ3n) is 2.65. The number of benzene rings is 1. The number of hydroxylamine groups is 2. The van der Waals surface area contributed by atoms with Crippen LogP contribution >= 0.6 is 0 Å². The van der Waals surface area contributed by atoms with E-state index in [2.05, 4.69) is 0 Å². The molecule has 2 rings (SSSR count). The summed E-state index contributed by atoms with van der Waals surface area (Å²) in [7, 11) is 0. The minimum absolute atomic E-state index is 0.158. The smallest absolute Gasteiger partial charge is 0.357 e. The normalized spacial score (nSPS) is 20.1. The van der Waals surface area contributed by atoms with Gasteiger partial charge >= 0.3 is 5.97 Å². The predicted octanol–water partition coefficient (Wildman–Crippen LogP) is 1.11. The fourth-order valence-corrected chi connectivity index (χ4v) is 1.71. The molecule has 1 heterocycles. The zero-order chi connectivity index (χ0) is 12.3. The highest BCUT2D eigenvalue weighted by Crippen LogP contribution is 2.13. The lowest BCUT2D eigenvalue weighted by molar-refractivity contribution is -0.519. The Bertz CT molecular complexity index is 421. The highest BCUT2D eigenvalue weighted by Gasteiger charge is 2.33. The van der Waals surface area contributed by atoms with Gasteiger partial charge in [-0.15, -0.1) is 5.06 Å². The average Bonchev–Trinajstić information content (AvgIpc) is 2.79. The molecule has 6 nitrogen and oxygen atoms in total. The number of hydrogen-bond donors (Lipinski definition) is 0. The lowest BCUT2D eigenvalue weighted by Crippen LogP contribution is -2.28. The molecule has 1 unspecified atom stereocenters. The van der Waals surface area contributed by atoms with E-state index in [1.165, 1.54) is 5.06 Å². The molecule has 1 aromatic carbocycles. The summed E-state index contributed by atoms with van der Waals surface area (Å²) in [4.78, 5) is 26.9. The summed E-state index contributed by atoms with van der Waals surface area (Å²) in [6.07, 6.45) is 0.412. The average molecular weight is 236 g/mol. The van der Waals surface area contributed by atoms with Crippen LogP contribution in [0.25, 0.3) is 0 Å². The predicted molar refractivity (Wildman–Crippen MR) is 58.8 cm³/mol. The molecule has 0 aromatic heterocycles. The molecule has 17 heavy (non-hydrogen) atoms. The van der Waals surface area contributed by atoms with E-state index in [9.17, 15) is 14.9 Å². The van der Waals surface area contributed by atoms with Gasteiger partial charge in [0.2, 0.25) is 6.04 Å². The molecule has 0 spiro atoms. The third-order valence-corrected chi connectivity index (χ3v) is 2.65. The molecule has 0 bridgehead atoms. The minimum Gasteiger partial charge on any atom is -0.364 e. The van der Waals surface area contributed by atoms with Gasteiger partial charge in [0.25, 0.3) is 0 Å². The Hall–Kier alpha value is -1.95. The lowest BCUT2D eigenvalue weighted by Gasteiger charge is -2.13. The maximum atomic E-state index is 11.6. The van der Waals surface area contributed by atoms with E-state index >= 15 is 0 Å². The van der Waals surface area contributed by atoms with E-state index in [0.717, 1.165) is 0 Å². The summed E-state index contributed by atoms with van der Waals surface area (Å²) < 4.78 is 0. The van der Waals surface area contributed by atoms with Gasteiger partial charge in [-0.25, -0.2) is 4.79 Å². The van der Waals surface area contributed by atoms with Crippen LogP contribution in [0.2, 0.25) is 0 Å². The Kier molecular flexibility index (Phi) is 3.34. The van der Waals surface area contributed by atoms with Crippen molar-refractivity contribution in [3.8, 4) is 0 Å². The summed E-state index contributed by atoms with van der Waals surface area (Å²) in [6, 6.07) is 7.92. The number of carbonyl (C=O) groups is 1. The van der Waals surface area contributed by atoms with Crippen molar-refractivity contribution in [2.45, 2.75) is 12.5 Å². The molecule has 1 fully saturated rings. The SMILES string of the molecule is O=C(ON1CCC([N+](=O)[O-])C1)c1ccccc1. The van der Waals surface area contributed by atoms with Crippen molar-refractivity contribution in [3.63, 3.8) is 0 Å². The van der Waals surface area contributed by atoms with Gasteiger partial charge in [0.15, 0.2) is 0 Å². The van der Waals surface area contributed by atoms with Crippen molar-refractivity contribution in [1.29, 1.82) is 0 Å². The first-order chi connectivity index (χ1) is 8.16. The molecule has 1 aliphatic rings. The number of nitrogens with zero attached hydrogens (tertiary/aromatic N) is 2. The Balaban J connectivity index is 1.91. The van der Waals surface area contributed by atoms with Crippen LogP contribution in [0.15, 0.2) is 30.3 Å². The van der Waals surface area contributed by atoms with Gasteiger partial charge < -0.3 is 4.84 Å². The Morgan fingerprint density at radius 2 is 2.12 bits per heavy atom. The fourth-order valence-electron chi connectivity index (χ4n) is 1.71. The van der Waals surface area contributed by atoms with E-state index in [1.54, 1.807) is 30.3 Å². The first-order valence-corrected chi connectivity index (χ1v) is 5.32. The number of nitro groups is 1. The molecule has 6 heteroatoms. The molecule has 1 aliphatic heterocycles. The summed E-state index contributed by atoms with van der Waals surface area (Å²) in [5.74, 6) is -0.477. The molecule has 0 aliphatic carbocycles. The zero-order valence-corrected chi connectivity index (χ0v) is 9.11. The highest BCUT2D eigenvalue weighted by molar-refractivity contribution is 5.89. The maximum Gasteiger partial charge on any atom is 0.357 e. The van der Waals surface area contributed by atoms with E-state index < -0.39 is 12.0 Å². The van der Waals surface area contributed by atoms with Crippen LogP contribution in [-0.2, 0) is 4.84 Å². The van der Waals surface area contributed by atoms with Crippen LogP contribution < -0.4 is 0 Å². The quantitative estimate of drug-likeness (QED) is 0.580. The van der Waals surface area contributed by atoms with E-state index in [-0.39, 0.29) is 11.5 Å². The summed E-state index contributed by atoms with van der Waals surface area (Å²) in [6.45, 7) is 0.565. The van der Waals surface area contributed by atoms with Crippen molar-refractivity contribution < 1.29 is 14.6 Å². The van der Waals surface area contributed by atoms with Crippen molar-refractivity contribution >= 4 is 5.97 Å². The first kappa shape index (κ1) is 11.5. The van der Waals surface area contributed by atoms with Crippen LogP contribution in [0.1, 0.15) is 16.8 Å². The van der Waals surface area contributed by atoms with Gasteiger partial charge in [0.1, 0.15) is 6.54 Å². The summed E-state index contributed by atoms with van der Waals surface area (Å²) >= 11 is 0. The molecular weight excluding hydrogens is 224 g/mol. The Morgan fingerprint density at radius 1 is 1.41 bits per heavy atom. The topological polar surface area (TPSA) is 72.7 Å². The van der Waals surface area contributed by atoms with Crippen LogP contribution in [0.3, 0.4) is 0 Å². The van der Waals surface area contributed by atoms with Gasteiger partial charge in [-0.05, 0) is 12.1 Å². The van der Waals surface area contributed by atoms with Gasteiger partial charge in [-0.3, -0.25) is 10.1 Å². The van der Waals surface area contributed by atoms with Crippen LogP contribution in [-0.4, -0.2) is 35.1 Å². The van der Waals surface area contributed by atoms with Gasteiger partial charge in [0, 0.05) is 17.9 Å². The second kappa shape index (κ2) is 4.92. The number of rotatable bonds is 3. The fraction of sp³-hybridized carbons (Fsp3) is 0.364. The molecule has 1 atom stereocenters. The lowest BCUT2D eigenvalue weighted by atomic mass is 10.2. The second-order valence-corrected chi connectivity index (χ2v) is 3.86. The second-order valence-electron chi connectivity index (χ2n) is 3.86. The zero-order valence-electron chi connectivity index (χ0n) is 9.11. The van der Waals surface area contributed by atoms with Gasteiger partial charge in [0.05, 0.1) is 5.56 Å². The largest absolute Gasteiger partial charge is 0.364 e. The summed E-state index contributed by atoms with van der Waals surface area (Å²) in [5, 5.41) is 11.9. The highest BCUT2D eigenvalue weighted by atomic mass is 16.7. The monoisotopic (exact) mass is 236 g/mol. The van der Waals surface area contributed by atoms with E-state index in [1.807, 2.05) is 0 Å². The van der Waals surface area contributed by atoms with Crippen molar-refractivity contribution in [2.24, 2.45) is 0 Å². The van der Waals surface area contributed by atoms with Gasteiger partial charge in [-0.1, -0.05) is 18.2 Å². The van der Waals surface area contributed by atoms with Crippen LogP contribution in [0, 0.1) is 10.1 Å². The molecule has 1 aromatic rings. The molecule has 0 radical (unpaired) electrons. The molecule has 0 N–H and O–H groups in total. The Morgan fingerprint density at radius 3 is 2.71 bits per heavy atom. The molecular formula is C11H12N2O4. The maximum absolute atomic E-state index is 11.6. The number of hydrogen-bond acceptors (Lipinski definition) is 5. The Labute approximate surface area is 97.9 Å². The van der Waals surface area contributed by atoms with Crippen LogP contribution in [0.5, 0.6) is 0 Å². The third kappa shape index (κ3) is 2.79. The molecule has 1 saturated heterocycles. The van der Waals surface area contributed by atoms with Crippen molar-refractivity contribution in [1.82, 2.24) is 5.06 Å². The van der Waals surface area contributed by atoms with E-state index in [4.69, 9.17) is 4.84 Å².